The second-order valence-electron chi connectivity index (χ2n) is 4.31. The van der Waals surface area contributed by atoms with E-state index in [1.54, 1.807) is 0 Å². The minimum absolute atomic E-state index is 0.715. The molecule has 1 rings (SSSR count). The van der Waals surface area contributed by atoms with Gasteiger partial charge in [-0.05, 0) is 43.3 Å². The first-order chi connectivity index (χ1) is 8.22. The van der Waals surface area contributed by atoms with Gasteiger partial charge in [0.15, 0.2) is 5.11 Å². The van der Waals surface area contributed by atoms with Gasteiger partial charge in [-0.25, -0.2) is 0 Å². The maximum Gasteiger partial charge on any atom is 0.170 e. The zero-order valence-corrected chi connectivity index (χ0v) is 11.6. The van der Waals surface area contributed by atoms with E-state index in [0.29, 0.717) is 5.11 Å². The number of unbranched alkanes of at least 4 members (excludes halogenated alkanes) is 3. The topological polar surface area (TPSA) is 24.1 Å². The van der Waals surface area contributed by atoms with Crippen molar-refractivity contribution in [3.05, 3.63) is 29.8 Å². The summed E-state index contributed by atoms with van der Waals surface area (Å²) in [6.07, 6.45) is 5.03. The highest BCUT2D eigenvalue weighted by atomic mass is 32.1. The van der Waals surface area contributed by atoms with Crippen molar-refractivity contribution in [2.24, 2.45) is 0 Å². The van der Waals surface area contributed by atoms with Crippen LogP contribution in [0.4, 0.5) is 5.69 Å². The summed E-state index contributed by atoms with van der Waals surface area (Å²) in [6, 6.07) is 8.22. The van der Waals surface area contributed by atoms with E-state index < -0.39 is 0 Å². The minimum Gasteiger partial charge on any atom is -0.362 e. The Morgan fingerprint density at radius 1 is 1.24 bits per heavy atom. The molecule has 0 bridgehead atoms. The number of nitrogens with one attached hydrogen (secondary N) is 2. The van der Waals surface area contributed by atoms with Crippen LogP contribution in [0.5, 0.6) is 0 Å². The molecule has 0 atom stereocenters. The van der Waals surface area contributed by atoms with Gasteiger partial charge in [-0.15, -0.1) is 0 Å². The van der Waals surface area contributed by atoms with Crippen LogP contribution in [0.2, 0.25) is 0 Å². The summed E-state index contributed by atoms with van der Waals surface area (Å²) in [7, 11) is 0. The Morgan fingerprint density at radius 2 is 2.06 bits per heavy atom. The van der Waals surface area contributed by atoms with Crippen LogP contribution in [0.1, 0.15) is 38.2 Å². The first kappa shape index (κ1) is 14.0. The fraction of sp³-hybridized carbons (Fsp3) is 0.500. The predicted octanol–water partition coefficient (Wildman–Crippen LogP) is 3.86. The van der Waals surface area contributed by atoms with Crippen molar-refractivity contribution in [3.63, 3.8) is 0 Å². The fourth-order valence-electron chi connectivity index (χ4n) is 1.65. The van der Waals surface area contributed by atoms with Gasteiger partial charge in [0.2, 0.25) is 0 Å². The molecule has 0 saturated carbocycles. The molecule has 0 amide bonds. The van der Waals surface area contributed by atoms with Crippen molar-refractivity contribution in [2.45, 2.75) is 39.5 Å². The molecule has 0 spiro atoms. The first-order valence-corrected chi connectivity index (χ1v) is 6.74. The maximum atomic E-state index is 5.24. The zero-order valence-electron chi connectivity index (χ0n) is 10.8. The molecule has 0 unspecified atom stereocenters. The summed E-state index contributed by atoms with van der Waals surface area (Å²) < 4.78 is 0. The Labute approximate surface area is 110 Å². The highest BCUT2D eigenvalue weighted by Gasteiger charge is 1.97. The zero-order chi connectivity index (χ0) is 12.5. The molecular formula is C14H22N2S. The van der Waals surface area contributed by atoms with Crippen molar-refractivity contribution in [1.29, 1.82) is 0 Å². The smallest absolute Gasteiger partial charge is 0.170 e. The van der Waals surface area contributed by atoms with E-state index in [-0.39, 0.29) is 0 Å². The van der Waals surface area contributed by atoms with Crippen LogP contribution in [0, 0.1) is 6.92 Å². The third-order valence-electron chi connectivity index (χ3n) is 2.59. The van der Waals surface area contributed by atoms with Gasteiger partial charge in [-0.2, -0.15) is 0 Å². The highest BCUT2D eigenvalue weighted by molar-refractivity contribution is 7.80. The van der Waals surface area contributed by atoms with E-state index in [1.165, 1.54) is 31.2 Å². The molecule has 2 nitrogen and oxygen atoms in total. The summed E-state index contributed by atoms with van der Waals surface area (Å²) in [5.41, 5.74) is 2.29. The molecule has 0 aliphatic rings. The third kappa shape index (κ3) is 6.27. The molecule has 0 saturated heterocycles. The lowest BCUT2D eigenvalue weighted by Gasteiger charge is -2.10. The lowest BCUT2D eigenvalue weighted by molar-refractivity contribution is 0.655. The number of thiocarbonyl (C=S) groups is 1. The maximum absolute atomic E-state index is 5.24. The minimum atomic E-state index is 0.715. The van der Waals surface area contributed by atoms with Gasteiger partial charge in [0.1, 0.15) is 0 Å². The van der Waals surface area contributed by atoms with E-state index in [9.17, 15) is 0 Å². The number of anilines is 1. The molecule has 17 heavy (non-hydrogen) atoms. The van der Waals surface area contributed by atoms with Gasteiger partial charge in [-0.3, -0.25) is 0 Å². The monoisotopic (exact) mass is 250 g/mol. The summed E-state index contributed by atoms with van der Waals surface area (Å²) in [4.78, 5) is 0. The fourth-order valence-corrected chi connectivity index (χ4v) is 1.87. The largest absolute Gasteiger partial charge is 0.362 e. The lowest BCUT2D eigenvalue weighted by atomic mass is 10.2. The van der Waals surface area contributed by atoms with Crippen LogP contribution in [-0.2, 0) is 0 Å². The molecule has 2 N–H and O–H groups in total. The van der Waals surface area contributed by atoms with Crippen LogP contribution in [0.15, 0.2) is 24.3 Å². The van der Waals surface area contributed by atoms with E-state index in [2.05, 4.69) is 36.6 Å². The van der Waals surface area contributed by atoms with Gasteiger partial charge < -0.3 is 10.6 Å². The second kappa shape index (κ2) is 8.07. The van der Waals surface area contributed by atoms with Crippen molar-refractivity contribution in [1.82, 2.24) is 5.32 Å². The van der Waals surface area contributed by atoms with Crippen LogP contribution < -0.4 is 10.6 Å². The van der Waals surface area contributed by atoms with Crippen molar-refractivity contribution >= 4 is 23.0 Å². The normalized spacial score (nSPS) is 10.0. The molecular weight excluding hydrogens is 228 g/mol. The number of hydrogen-bond acceptors (Lipinski definition) is 1. The second-order valence-corrected chi connectivity index (χ2v) is 4.72. The Balaban J connectivity index is 2.21. The van der Waals surface area contributed by atoms with E-state index in [1.807, 2.05) is 12.1 Å². The number of rotatable bonds is 6. The molecule has 1 aromatic carbocycles. The molecule has 0 heterocycles. The Hall–Kier alpha value is -1.09. The number of benzene rings is 1. The quantitative estimate of drug-likeness (QED) is 0.592. The standard InChI is InChI=1S/C14H22N2S/c1-3-4-5-6-10-15-14(17)16-13-9-7-8-12(2)11-13/h7-9,11H,3-6,10H2,1-2H3,(H2,15,16,17). The average Bonchev–Trinajstić information content (AvgIpc) is 2.29. The Morgan fingerprint density at radius 3 is 2.76 bits per heavy atom. The lowest BCUT2D eigenvalue weighted by Crippen LogP contribution is -2.29. The van der Waals surface area contributed by atoms with Gasteiger partial charge in [0.25, 0.3) is 0 Å². The highest BCUT2D eigenvalue weighted by Crippen LogP contribution is 2.09. The Bertz CT molecular complexity index is 350. The molecule has 0 fully saturated rings. The number of aryl methyl sites for hydroxylation is 1. The average molecular weight is 250 g/mol. The van der Waals surface area contributed by atoms with Gasteiger partial charge in [-0.1, -0.05) is 38.3 Å². The van der Waals surface area contributed by atoms with Crippen molar-refractivity contribution in [2.75, 3.05) is 11.9 Å². The van der Waals surface area contributed by atoms with E-state index in [4.69, 9.17) is 12.2 Å². The van der Waals surface area contributed by atoms with Gasteiger partial charge >= 0.3 is 0 Å². The SMILES string of the molecule is CCCCCCNC(=S)Nc1cccc(C)c1. The third-order valence-corrected chi connectivity index (χ3v) is 2.84. The molecule has 94 valence electrons. The summed E-state index contributed by atoms with van der Waals surface area (Å²) >= 11 is 5.24. The van der Waals surface area contributed by atoms with Crippen LogP contribution in [0.3, 0.4) is 0 Å². The molecule has 1 aromatic rings. The van der Waals surface area contributed by atoms with Crippen molar-refractivity contribution < 1.29 is 0 Å². The number of hydrogen-bond donors (Lipinski definition) is 2. The Kier molecular flexibility index (Phi) is 6.63. The first-order valence-electron chi connectivity index (χ1n) is 6.34. The molecule has 0 radical (unpaired) electrons. The summed E-state index contributed by atoms with van der Waals surface area (Å²) in [5, 5.41) is 7.14. The summed E-state index contributed by atoms with van der Waals surface area (Å²) in [5.74, 6) is 0. The van der Waals surface area contributed by atoms with Gasteiger partial charge in [0, 0.05) is 12.2 Å². The van der Waals surface area contributed by atoms with Crippen molar-refractivity contribution in [3.8, 4) is 0 Å². The van der Waals surface area contributed by atoms with Gasteiger partial charge in [0.05, 0.1) is 0 Å². The molecule has 0 aliphatic heterocycles. The molecule has 0 aliphatic carbocycles. The van der Waals surface area contributed by atoms with Crippen LogP contribution in [0.25, 0.3) is 0 Å². The van der Waals surface area contributed by atoms with Crippen LogP contribution in [-0.4, -0.2) is 11.7 Å². The van der Waals surface area contributed by atoms with E-state index >= 15 is 0 Å². The summed E-state index contributed by atoms with van der Waals surface area (Å²) in [6.45, 7) is 5.25. The molecule has 3 heteroatoms. The molecule has 0 aromatic heterocycles. The van der Waals surface area contributed by atoms with E-state index in [0.717, 1.165) is 12.2 Å². The predicted molar refractivity (Wildman–Crippen MR) is 79.5 cm³/mol. The van der Waals surface area contributed by atoms with Crippen LogP contribution >= 0.6 is 12.2 Å².